The van der Waals surface area contributed by atoms with E-state index in [-0.39, 0.29) is 0 Å². The first-order valence-corrected chi connectivity index (χ1v) is 5.73. The molecule has 2 N–H and O–H groups in total. The fraction of sp³-hybridized carbons (Fsp3) is 0.636. The van der Waals surface area contributed by atoms with Gasteiger partial charge in [-0.2, -0.15) is 0 Å². The highest BCUT2D eigenvalue weighted by atomic mass is 32.1. The fourth-order valence-corrected chi connectivity index (χ4v) is 3.17. The summed E-state index contributed by atoms with van der Waals surface area (Å²) in [6.45, 7) is 6.53. The van der Waals surface area contributed by atoms with Crippen molar-refractivity contribution in [3.8, 4) is 0 Å². The van der Waals surface area contributed by atoms with Crippen molar-refractivity contribution in [1.82, 2.24) is 0 Å². The summed E-state index contributed by atoms with van der Waals surface area (Å²) in [6.07, 6.45) is 1.30. The molecule has 0 saturated heterocycles. The zero-order chi connectivity index (χ0) is 9.59. The summed E-state index contributed by atoms with van der Waals surface area (Å²) in [5, 5.41) is 0. The van der Waals surface area contributed by atoms with Crippen LogP contribution in [0.15, 0.2) is 6.07 Å². The Morgan fingerprint density at radius 1 is 1.54 bits per heavy atom. The molecule has 0 spiro atoms. The van der Waals surface area contributed by atoms with Crippen LogP contribution < -0.4 is 5.73 Å². The highest BCUT2D eigenvalue weighted by Crippen LogP contribution is 2.51. The average molecular weight is 195 g/mol. The second-order valence-corrected chi connectivity index (χ2v) is 5.69. The molecule has 1 saturated carbocycles. The Balaban J connectivity index is 2.15. The molecule has 3 atom stereocenters. The van der Waals surface area contributed by atoms with Crippen LogP contribution in [0, 0.1) is 19.8 Å². The second kappa shape index (κ2) is 3.10. The minimum atomic E-state index is 0.365. The van der Waals surface area contributed by atoms with Crippen LogP contribution in [0.25, 0.3) is 0 Å². The van der Waals surface area contributed by atoms with Crippen molar-refractivity contribution in [3.63, 3.8) is 0 Å². The lowest BCUT2D eigenvalue weighted by Gasteiger charge is -2.02. The summed E-state index contributed by atoms with van der Waals surface area (Å²) in [7, 11) is 0. The minimum Gasteiger partial charge on any atom is -0.328 e. The number of aryl methyl sites for hydroxylation is 2. The molecule has 72 valence electrons. The van der Waals surface area contributed by atoms with E-state index in [4.69, 9.17) is 5.73 Å². The van der Waals surface area contributed by atoms with E-state index in [1.807, 2.05) is 11.3 Å². The highest BCUT2D eigenvalue weighted by molar-refractivity contribution is 7.12. The standard InChI is InChI=1S/C11H17NS/c1-6-4-10(8(3)13-6)11-5-9(11)7(2)12/h4,7,9,11H,5,12H2,1-3H3. The highest BCUT2D eigenvalue weighted by Gasteiger charge is 2.41. The van der Waals surface area contributed by atoms with Gasteiger partial charge in [-0.15, -0.1) is 11.3 Å². The van der Waals surface area contributed by atoms with Crippen LogP contribution in [0.2, 0.25) is 0 Å². The molecule has 1 aromatic heterocycles. The number of hydrogen-bond donors (Lipinski definition) is 1. The van der Waals surface area contributed by atoms with E-state index in [1.165, 1.54) is 16.2 Å². The van der Waals surface area contributed by atoms with Crippen LogP contribution in [0.1, 0.15) is 34.6 Å². The normalized spacial score (nSPS) is 28.9. The van der Waals surface area contributed by atoms with Gasteiger partial charge in [0, 0.05) is 15.8 Å². The van der Waals surface area contributed by atoms with Crippen LogP contribution in [-0.4, -0.2) is 6.04 Å². The van der Waals surface area contributed by atoms with Gasteiger partial charge in [0.1, 0.15) is 0 Å². The molecule has 0 bridgehead atoms. The Morgan fingerprint density at radius 2 is 2.23 bits per heavy atom. The van der Waals surface area contributed by atoms with Crippen molar-refractivity contribution >= 4 is 11.3 Å². The predicted molar refractivity (Wildman–Crippen MR) is 58.3 cm³/mol. The van der Waals surface area contributed by atoms with E-state index < -0.39 is 0 Å². The quantitative estimate of drug-likeness (QED) is 0.771. The largest absolute Gasteiger partial charge is 0.328 e. The molecule has 0 aliphatic heterocycles. The van der Waals surface area contributed by atoms with Crippen molar-refractivity contribution in [1.29, 1.82) is 0 Å². The second-order valence-electron chi connectivity index (χ2n) is 4.23. The third-order valence-electron chi connectivity index (χ3n) is 2.99. The minimum absolute atomic E-state index is 0.365. The Kier molecular flexibility index (Phi) is 2.20. The van der Waals surface area contributed by atoms with Crippen molar-refractivity contribution in [2.45, 2.75) is 39.2 Å². The Bertz CT molecular complexity index is 314. The maximum Gasteiger partial charge on any atom is 0.00519 e. The maximum absolute atomic E-state index is 5.89. The van der Waals surface area contributed by atoms with Crippen molar-refractivity contribution < 1.29 is 0 Å². The predicted octanol–water partition coefficient (Wildman–Crippen LogP) is 2.82. The molecule has 1 nitrogen and oxygen atoms in total. The molecule has 1 fully saturated rings. The van der Waals surface area contributed by atoms with Crippen LogP contribution in [-0.2, 0) is 0 Å². The molecule has 0 amide bonds. The van der Waals surface area contributed by atoms with Gasteiger partial charge in [-0.05, 0) is 50.7 Å². The first-order chi connectivity index (χ1) is 6.09. The third-order valence-corrected chi connectivity index (χ3v) is 3.98. The summed E-state index contributed by atoms with van der Waals surface area (Å²) < 4.78 is 0. The number of nitrogens with two attached hydrogens (primary N) is 1. The van der Waals surface area contributed by atoms with Crippen molar-refractivity contribution in [2.75, 3.05) is 0 Å². The van der Waals surface area contributed by atoms with Gasteiger partial charge in [-0.3, -0.25) is 0 Å². The molecule has 1 aliphatic rings. The Hall–Kier alpha value is -0.340. The van der Waals surface area contributed by atoms with E-state index in [0.717, 1.165) is 11.8 Å². The van der Waals surface area contributed by atoms with Gasteiger partial charge in [0.15, 0.2) is 0 Å². The van der Waals surface area contributed by atoms with E-state index in [0.29, 0.717) is 6.04 Å². The van der Waals surface area contributed by atoms with Gasteiger partial charge in [0.2, 0.25) is 0 Å². The maximum atomic E-state index is 5.89. The molecule has 13 heavy (non-hydrogen) atoms. The smallest absolute Gasteiger partial charge is 0.00519 e. The van der Waals surface area contributed by atoms with Crippen LogP contribution in [0.5, 0.6) is 0 Å². The molecule has 3 unspecified atom stereocenters. The lowest BCUT2D eigenvalue weighted by atomic mass is 10.1. The molecular weight excluding hydrogens is 178 g/mol. The Morgan fingerprint density at radius 3 is 2.62 bits per heavy atom. The van der Waals surface area contributed by atoms with E-state index in [2.05, 4.69) is 26.8 Å². The lowest BCUT2D eigenvalue weighted by Crippen LogP contribution is -2.17. The van der Waals surface area contributed by atoms with Gasteiger partial charge in [-0.1, -0.05) is 0 Å². The van der Waals surface area contributed by atoms with Gasteiger partial charge in [0.25, 0.3) is 0 Å². The molecule has 1 aliphatic carbocycles. The van der Waals surface area contributed by atoms with Gasteiger partial charge < -0.3 is 5.73 Å². The fourth-order valence-electron chi connectivity index (χ4n) is 2.17. The van der Waals surface area contributed by atoms with E-state index >= 15 is 0 Å². The van der Waals surface area contributed by atoms with Gasteiger partial charge >= 0.3 is 0 Å². The lowest BCUT2D eigenvalue weighted by molar-refractivity contribution is 0.631. The number of thiophene rings is 1. The summed E-state index contributed by atoms with van der Waals surface area (Å²) in [4.78, 5) is 2.92. The van der Waals surface area contributed by atoms with Crippen LogP contribution in [0.3, 0.4) is 0 Å². The van der Waals surface area contributed by atoms with E-state index in [9.17, 15) is 0 Å². The molecular formula is C11H17NS. The molecule has 2 rings (SSSR count). The van der Waals surface area contributed by atoms with Crippen LogP contribution in [0.4, 0.5) is 0 Å². The zero-order valence-corrected chi connectivity index (χ0v) is 9.32. The SMILES string of the molecule is Cc1cc(C2CC2C(C)N)c(C)s1. The van der Waals surface area contributed by atoms with Crippen molar-refractivity contribution in [2.24, 2.45) is 11.7 Å². The topological polar surface area (TPSA) is 26.0 Å². The summed E-state index contributed by atoms with van der Waals surface area (Å²) in [5.74, 6) is 1.51. The average Bonchev–Trinajstić information content (AvgIpc) is 2.73. The van der Waals surface area contributed by atoms with E-state index in [1.54, 1.807) is 5.56 Å². The summed E-state index contributed by atoms with van der Waals surface area (Å²) in [6, 6.07) is 2.71. The summed E-state index contributed by atoms with van der Waals surface area (Å²) in [5.41, 5.74) is 7.45. The third kappa shape index (κ3) is 1.65. The first kappa shape index (κ1) is 9.22. The molecule has 0 radical (unpaired) electrons. The molecule has 2 heteroatoms. The molecule has 1 heterocycles. The van der Waals surface area contributed by atoms with Gasteiger partial charge in [0.05, 0.1) is 0 Å². The molecule has 0 aromatic carbocycles. The van der Waals surface area contributed by atoms with Crippen molar-refractivity contribution in [3.05, 3.63) is 21.4 Å². The van der Waals surface area contributed by atoms with Crippen LogP contribution >= 0.6 is 11.3 Å². The molecule has 1 aromatic rings. The summed E-state index contributed by atoms with van der Waals surface area (Å²) >= 11 is 1.91. The first-order valence-electron chi connectivity index (χ1n) is 4.92. The Labute approximate surface area is 84.0 Å². The monoisotopic (exact) mass is 195 g/mol. The number of rotatable bonds is 2. The van der Waals surface area contributed by atoms with Gasteiger partial charge in [-0.25, -0.2) is 0 Å². The number of hydrogen-bond acceptors (Lipinski definition) is 2. The zero-order valence-electron chi connectivity index (χ0n) is 8.50.